The normalized spacial score (nSPS) is 18.6. The summed E-state index contributed by atoms with van der Waals surface area (Å²) in [6.45, 7) is 4.38. The van der Waals surface area contributed by atoms with Gasteiger partial charge in [0.2, 0.25) is 0 Å². The number of aromatic nitrogens is 3. The van der Waals surface area contributed by atoms with Gasteiger partial charge in [0.15, 0.2) is 11.9 Å². The molecule has 0 radical (unpaired) electrons. The highest BCUT2D eigenvalue weighted by Crippen LogP contribution is 2.21. The van der Waals surface area contributed by atoms with Crippen LogP contribution in [0.1, 0.15) is 41.0 Å². The van der Waals surface area contributed by atoms with Gasteiger partial charge in [-0.2, -0.15) is 5.10 Å². The average Bonchev–Trinajstić information content (AvgIpc) is 2.79. The van der Waals surface area contributed by atoms with E-state index in [4.69, 9.17) is 9.57 Å². The highest BCUT2D eigenvalue weighted by Gasteiger charge is 2.20. The first-order valence-corrected chi connectivity index (χ1v) is 7.45. The number of carbonyl (C=O) groups excluding carboxylic acids is 1. The van der Waals surface area contributed by atoms with E-state index in [1.54, 1.807) is 10.7 Å². The minimum absolute atomic E-state index is 0.305. The van der Waals surface area contributed by atoms with Crippen LogP contribution in [0.3, 0.4) is 0 Å². The Labute approximate surface area is 128 Å². The van der Waals surface area contributed by atoms with Crippen molar-refractivity contribution in [1.82, 2.24) is 20.2 Å². The van der Waals surface area contributed by atoms with E-state index in [-0.39, 0.29) is 12.2 Å². The van der Waals surface area contributed by atoms with Crippen molar-refractivity contribution in [3.05, 3.63) is 23.0 Å². The highest BCUT2D eigenvalue weighted by molar-refractivity contribution is 6.06. The quantitative estimate of drug-likeness (QED) is 0.874. The molecule has 2 aromatic rings. The van der Waals surface area contributed by atoms with Gasteiger partial charge in [-0.3, -0.25) is 9.48 Å². The molecule has 0 aromatic carbocycles. The Kier molecular flexibility index (Phi) is 4.08. The van der Waals surface area contributed by atoms with Crippen LogP contribution in [0.15, 0.2) is 6.07 Å². The molecule has 1 N–H and O–H groups in total. The number of hydrogen-bond acceptors (Lipinski definition) is 5. The van der Waals surface area contributed by atoms with E-state index in [9.17, 15) is 4.79 Å². The topological polar surface area (TPSA) is 78.3 Å². The Balaban J connectivity index is 1.84. The first-order valence-electron chi connectivity index (χ1n) is 7.45. The molecule has 0 unspecified atom stereocenters. The van der Waals surface area contributed by atoms with Crippen molar-refractivity contribution >= 4 is 16.9 Å². The lowest BCUT2D eigenvalue weighted by molar-refractivity contribution is -0.186. The van der Waals surface area contributed by atoms with E-state index in [1.165, 1.54) is 0 Å². The highest BCUT2D eigenvalue weighted by atomic mass is 16.8. The molecule has 1 aliphatic rings. The van der Waals surface area contributed by atoms with Crippen molar-refractivity contribution in [3.8, 4) is 0 Å². The van der Waals surface area contributed by atoms with Gasteiger partial charge in [0.1, 0.15) is 0 Å². The summed E-state index contributed by atoms with van der Waals surface area (Å²) in [7, 11) is 1.82. The number of carbonyl (C=O) groups is 1. The van der Waals surface area contributed by atoms with E-state index >= 15 is 0 Å². The number of fused-ring (bicyclic) bond motifs is 1. The Bertz CT molecular complexity index is 704. The Morgan fingerprint density at radius 2 is 2.27 bits per heavy atom. The maximum atomic E-state index is 12.5. The number of nitrogens with one attached hydrogen (secondary N) is 1. The number of amides is 1. The van der Waals surface area contributed by atoms with Crippen LogP contribution >= 0.6 is 0 Å². The molecule has 3 rings (SSSR count). The summed E-state index contributed by atoms with van der Waals surface area (Å²) < 4.78 is 7.12. The standard InChI is InChI=1S/C15H20N4O3/c1-9-8-11(13-10(2)17-19(3)14(13)16-9)15(20)18-22-12-6-4-5-7-21-12/h8,12H,4-7H2,1-3H3,(H,18,20)/t12-/m0/s1. The van der Waals surface area contributed by atoms with Gasteiger partial charge in [-0.05, 0) is 32.8 Å². The fraction of sp³-hybridized carbons (Fsp3) is 0.533. The molecule has 1 saturated heterocycles. The third-order valence-corrected chi connectivity index (χ3v) is 3.76. The molecule has 1 fully saturated rings. The van der Waals surface area contributed by atoms with Gasteiger partial charge >= 0.3 is 0 Å². The molecule has 1 atom stereocenters. The van der Waals surface area contributed by atoms with Crippen LogP contribution in [0.2, 0.25) is 0 Å². The first-order chi connectivity index (χ1) is 10.6. The second-order valence-corrected chi connectivity index (χ2v) is 5.56. The summed E-state index contributed by atoms with van der Waals surface area (Å²) in [4.78, 5) is 22.3. The smallest absolute Gasteiger partial charge is 0.275 e. The molecule has 0 spiro atoms. The van der Waals surface area contributed by atoms with Crippen LogP contribution in [0, 0.1) is 13.8 Å². The number of hydroxylamine groups is 1. The minimum atomic E-state index is -0.369. The molecule has 3 heterocycles. The van der Waals surface area contributed by atoms with E-state index in [1.807, 2.05) is 20.9 Å². The lowest BCUT2D eigenvalue weighted by Crippen LogP contribution is -2.33. The van der Waals surface area contributed by atoms with Gasteiger partial charge in [0.05, 0.1) is 16.6 Å². The van der Waals surface area contributed by atoms with Gasteiger partial charge in [0.25, 0.3) is 5.91 Å². The molecule has 0 saturated carbocycles. The maximum absolute atomic E-state index is 12.5. The van der Waals surface area contributed by atoms with Crippen molar-refractivity contribution in [3.63, 3.8) is 0 Å². The van der Waals surface area contributed by atoms with Crippen molar-refractivity contribution in [1.29, 1.82) is 0 Å². The van der Waals surface area contributed by atoms with Crippen LogP contribution in [0.5, 0.6) is 0 Å². The monoisotopic (exact) mass is 304 g/mol. The molecular formula is C15H20N4O3. The number of aryl methyl sites for hydroxylation is 3. The predicted octanol–water partition coefficient (Wildman–Crippen LogP) is 1.77. The van der Waals surface area contributed by atoms with Crippen LogP contribution in [-0.4, -0.2) is 33.6 Å². The van der Waals surface area contributed by atoms with Gasteiger partial charge in [0, 0.05) is 25.8 Å². The Morgan fingerprint density at radius 1 is 1.45 bits per heavy atom. The summed E-state index contributed by atoms with van der Waals surface area (Å²) in [5, 5.41) is 5.08. The second-order valence-electron chi connectivity index (χ2n) is 5.56. The number of rotatable bonds is 3. The SMILES string of the molecule is Cc1cc(C(=O)NO[C@H]2CCCCO2)c2c(C)nn(C)c2n1. The van der Waals surface area contributed by atoms with Crippen molar-refractivity contribution in [2.24, 2.45) is 7.05 Å². The lowest BCUT2D eigenvalue weighted by Gasteiger charge is -2.22. The molecule has 118 valence electrons. The molecule has 1 aliphatic heterocycles. The number of hydrogen-bond donors (Lipinski definition) is 1. The second kappa shape index (κ2) is 6.02. The molecule has 22 heavy (non-hydrogen) atoms. The largest absolute Gasteiger partial charge is 0.350 e. The van der Waals surface area contributed by atoms with Crippen LogP contribution in [0.25, 0.3) is 11.0 Å². The molecule has 0 bridgehead atoms. The maximum Gasteiger partial charge on any atom is 0.275 e. The Hall–Kier alpha value is -1.99. The average molecular weight is 304 g/mol. The van der Waals surface area contributed by atoms with Crippen molar-refractivity contribution in [2.45, 2.75) is 39.4 Å². The van der Waals surface area contributed by atoms with Crippen molar-refractivity contribution in [2.75, 3.05) is 6.61 Å². The van der Waals surface area contributed by atoms with E-state index < -0.39 is 0 Å². The van der Waals surface area contributed by atoms with E-state index in [0.717, 1.165) is 36.0 Å². The van der Waals surface area contributed by atoms with Crippen molar-refractivity contribution < 1.29 is 14.4 Å². The van der Waals surface area contributed by atoms with Crippen LogP contribution in [-0.2, 0) is 16.6 Å². The van der Waals surface area contributed by atoms with E-state index in [2.05, 4.69) is 15.6 Å². The molecule has 7 heteroatoms. The zero-order chi connectivity index (χ0) is 15.7. The first kappa shape index (κ1) is 14.9. The number of pyridine rings is 1. The molecule has 1 amide bonds. The third-order valence-electron chi connectivity index (χ3n) is 3.76. The summed E-state index contributed by atoms with van der Waals surface area (Å²) in [6, 6.07) is 1.75. The zero-order valence-corrected chi connectivity index (χ0v) is 13.0. The third kappa shape index (κ3) is 2.82. The van der Waals surface area contributed by atoms with Gasteiger partial charge in [-0.1, -0.05) is 0 Å². The molecule has 2 aromatic heterocycles. The summed E-state index contributed by atoms with van der Waals surface area (Å²) in [6.07, 6.45) is 2.50. The van der Waals surface area contributed by atoms with Crippen LogP contribution in [0.4, 0.5) is 0 Å². The minimum Gasteiger partial charge on any atom is -0.350 e. The van der Waals surface area contributed by atoms with Gasteiger partial charge in [-0.15, -0.1) is 0 Å². The van der Waals surface area contributed by atoms with Gasteiger partial charge < -0.3 is 4.74 Å². The Morgan fingerprint density at radius 3 is 3.00 bits per heavy atom. The van der Waals surface area contributed by atoms with Crippen LogP contribution < -0.4 is 5.48 Å². The molecular weight excluding hydrogens is 284 g/mol. The van der Waals surface area contributed by atoms with Gasteiger partial charge in [-0.25, -0.2) is 15.3 Å². The summed E-state index contributed by atoms with van der Waals surface area (Å²) in [5.41, 5.74) is 5.23. The fourth-order valence-corrected chi connectivity index (χ4v) is 2.73. The summed E-state index contributed by atoms with van der Waals surface area (Å²) in [5.74, 6) is -0.305. The summed E-state index contributed by atoms with van der Waals surface area (Å²) >= 11 is 0. The molecule has 0 aliphatic carbocycles. The lowest BCUT2D eigenvalue weighted by atomic mass is 10.1. The fourth-order valence-electron chi connectivity index (χ4n) is 2.73. The predicted molar refractivity (Wildman–Crippen MR) is 80.1 cm³/mol. The number of ether oxygens (including phenoxy) is 1. The zero-order valence-electron chi connectivity index (χ0n) is 13.0. The van der Waals surface area contributed by atoms with E-state index in [0.29, 0.717) is 17.8 Å². The number of nitrogens with zero attached hydrogens (tertiary/aromatic N) is 3. The molecule has 7 nitrogen and oxygen atoms in total.